The van der Waals surface area contributed by atoms with Gasteiger partial charge in [-0.05, 0) is 216 Å². The SMILES string of the molecule is CN(C)C/C=C/C(=O)Nc1ccc(C(=O)NC23CC4CC(C2)CC(Nc2ncc(Cl)c(C5=CCc6ccccc65)n2)(C4)C3)cc1.Nc1ccc(C(=O)NC23CC4CC(C2)CC(Nc2ncc(Cl)c(C5=CCc6ccccc65)n2)(C4)C3)cc1.O=C(Cl)/C=C/CBr. The molecule has 2 aromatic heterocycles. The monoisotopic (exact) mass is 1320 g/mol. The molecule has 0 spiro atoms. The van der Waals surface area contributed by atoms with Crippen LogP contribution in [0.15, 0.2) is 146 Å². The Balaban J connectivity index is 0.000000158. The van der Waals surface area contributed by atoms with Gasteiger partial charge in [0.15, 0.2) is 0 Å². The highest BCUT2D eigenvalue weighted by Gasteiger charge is 2.60. The summed E-state index contributed by atoms with van der Waals surface area (Å²) in [4.78, 5) is 70.0. The average molecular weight is 1320 g/mol. The van der Waals surface area contributed by atoms with Crippen molar-refractivity contribution < 1.29 is 19.2 Å². The molecular formula is C70H73BrCl3N11O4. The summed E-state index contributed by atoms with van der Waals surface area (Å²) in [6, 6.07) is 31.1. The van der Waals surface area contributed by atoms with Crippen molar-refractivity contribution >= 4 is 108 Å². The molecule has 8 saturated carbocycles. The average Bonchev–Trinajstić information content (AvgIpc) is 1.72. The Morgan fingerprint density at radius 3 is 1.47 bits per heavy atom. The van der Waals surface area contributed by atoms with E-state index in [0.717, 1.165) is 99.6 Å². The quantitative estimate of drug-likeness (QED) is 0.0231. The number of rotatable bonds is 16. The second-order valence-electron chi connectivity index (χ2n) is 26.2. The molecule has 0 aliphatic heterocycles. The van der Waals surface area contributed by atoms with Crippen LogP contribution in [-0.4, -0.2) is 95.9 Å². The number of carbonyl (C=O) groups excluding carboxylic acids is 4. The summed E-state index contributed by atoms with van der Waals surface area (Å²) in [5.74, 6) is 3.16. The predicted octanol–water partition coefficient (Wildman–Crippen LogP) is 13.4. The first-order valence-corrected chi connectivity index (χ1v) is 32.9. The Hall–Kier alpha value is -7.21. The predicted molar refractivity (Wildman–Crippen MR) is 358 cm³/mol. The Morgan fingerprint density at radius 2 is 1.04 bits per heavy atom. The van der Waals surface area contributed by atoms with Gasteiger partial charge in [0.2, 0.25) is 23.0 Å². The first kappa shape index (κ1) is 62.0. The van der Waals surface area contributed by atoms with E-state index in [4.69, 9.17) is 50.5 Å². The lowest BCUT2D eigenvalue weighted by atomic mass is 9.50. The van der Waals surface area contributed by atoms with Gasteiger partial charge in [0.1, 0.15) is 0 Å². The van der Waals surface area contributed by atoms with Crippen LogP contribution < -0.4 is 32.3 Å². The zero-order chi connectivity index (χ0) is 62.1. The zero-order valence-corrected chi connectivity index (χ0v) is 53.8. The molecule has 10 aliphatic rings. The third kappa shape index (κ3) is 14.1. The zero-order valence-electron chi connectivity index (χ0n) is 49.9. The molecule has 0 radical (unpaired) electrons. The van der Waals surface area contributed by atoms with Crippen LogP contribution in [-0.2, 0) is 22.4 Å². The summed E-state index contributed by atoms with van der Waals surface area (Å²) in [6.45, 7) is 0.688. The van der Waals surface area contributed by atoms with E-state index in [1.165, 1.54) is 47.2 Å². The summed E-state index contributed by atoms with van der Waals surface area (Å²) in [5, 5.41) is 18.7. The number of allylic oxidation sites excluding steroid dienone is 4. The van der Waals surface area contributed by atoms with Crippen LogP contribution in [0.25, 0.3) is 11.1 Å². The maximum Gasteiger partial charge on any atom is 0.251 e. The molecule has 8 bridgehead atoms. The highest BCUT2D eigenvalue weighted by Crippen LogP contribution is 2.60. The highest BCUT2D eigenvalue weighted by atomic mass is 79.9. The summed E-state index contributed by atoms with van der Waals surface area (Å²) in [7, 11) is 3.90. The minimum atomic E-state index is -0.431. The number of halogens is 4. The van der Waals surface area contributed by atoms with Crippen LogP contribution in [0.5, 0.6) is 0 Å². The van der Waals surface area contributed by atoms with Crippen molar-refractivity contribution in [1.29, 1.82) is 0 Å². The summed E-state index contributed by atoms with van der Waals surface area (Å²) >= 11 is 21.3. The van der Waals surface area contributed by atoms with Crippen molar-refractivity contribution in [1.82, 2.24) is 35.5 Å². The smallest absolute Gasteiger partial charge is 0.251 e. The number of amides is 3. The molecule has 4 aromatic carbocycles. The lowest BCUT2D eigenvalue weighted by Crippen LogP contribution is -2.67. The van der Waals surface area contributed by atoms with Gasteiger partial charge in [-0.1, -0.05) is 112 Å². The fraction of sp³-hybridized carbons (Fsp3) is 0.371. The fourth-order valence-corrected chi connectivity index (χ4v) is 17.2. The number of anilines is 4. The van der Waals surface area contributed by atoms with Crippen LogP contribution in [0.1, 0.15) is 131 Å². The standard InChI is InChI=1S/C36H39ClN6O2.C30H30ClN5O.C4H4BrClO/c1-43(2)15-5-8-31(44)39-27-12-9-26(10-13-27)33(45)41-35-17-23-16-24(18-35)20-36(19-23,22-35)42-34-38-21-30(37)32(40-34)29-14-11-25-6-3-4-7-28(25)29;31-25-16-33-28(34-26(25)24-10-7-20-3-1-2-4-23(20)24)36-30-14-18-11-19(15-30)13-29(12-18,17-30)35-27(37)21-5-8-22(32)9-6-21;5-3-1-2-4(6)7/h3-10,12-14,21,23-24H,11,15-20,22H2,1-2H3,(H,39,44)(H,41,45)(H,38,40,42);1-6,8-10,16,18-19H,7,11-15,17,32H2,(H,35,37)(H,33,34,36);1-2H,3H2/b8-5+;;2-1+. The van der Waals surface area contributed by atoms with Gasteiger partial charge in [-0.15, -0.1) is 0 Å². The number of likely N-dealkylation sites (N-methyl/N-ethyl adjacent to an activating group) is 1. The fourth-order valence-electron chi connectivity index (χ4n) is 16.5. The number of fused-ring (bicyclic) bond motifs is 2. The van der Waals surface area contributed by atoms with E-state index in [-0.39, 0.29) is 39.9 Å². The molecule has 460 valence electrons. The minimum Gasteiger partial charge on any atom is -0.399 e. The number of hydrogen-bond donors (Lipinski definition) is 6. The van der Waals surface area contributed by atoms with Gasteiger partial charge in [-0.2, -0.15) is 0 Å². The Labute approximate surface area is 543 Å². The molecule has 16 rings (SSSR count). The van der Waals surface area contributed by atoms with Crippen molar-refractivity contribution in [2.45, 2.75) is 112 Å². The minimum absolute atomic E-state index is 0.0195. The second kappa shape index (κ2) is 25.9. The molecule has 0 saturated heterocycles. The highest BCUT2D eigenvalue weighted by molar-refractivity contribution is 9.09. The maximum absolute atomic E-state index is 13.6. The molecule has 8 fully saturated rings. The number of nitrogen functional groups attached to an aromatic ring is 1. The van der Waals surface area contributed by atoms with E-state index in [1.807, 2.05) is 31.1 Å². The Morgan fingerprint density at radius 1 is 0.607 bits per heavy atom. The number of aromatic nitrogens is 4. The van der Waals surface area contributed by atoms with Crippen molar-refractivity contribution in [2.75, 3.05) is 47.7 Å². The Bertz CT molecular complexity index is 3800. The van der Waals surface area contributed by atoms with E-state index in [1.54, 1.807) is 67.0 Å². The first-order valence-electron chi connectivity index (χ1n) is 30.7. The van der Waals surface area contributed by atoms with Gasteiger partial charge < -0.3 is 37.2 Å². The van der Waals surface area contributed by atoms with Crippen molar-refractivity contribution in [3.05, 3.63) is 201 Å². The molecule has 19 heteroatoms. The first-order chi connectivity index (χ1) is 42.8. The lowest BCUT2D eigenvalue weighted by molar-refractivity contribution is -0.112. The number of benzene rings is 4. The number of hydrogen-bond acceptors (Lipinski definition) is 12. The summed E-state index contributed by atoms with van der Waals surface area (Å²) in [5.41, 5.74) is 16.2. The lowest BCUT2D eigenvalue weighted by Gasteiger charge is -2.62. The third-order valence-electron chi connectivity index (χ3n) is 19.0. The molecule has 7 N–H and O–H groups in total. The van der Waals surface area contributed by atoms with E-state index >= 15 is 0 Å². The largest absolute Gasteiger partial charge is 0.399 e. The molecule has 3 amide bonds. The van der Waals surface area contributed by atoms with Crippen molar-refractivity contribution in [3.63, 3.8) is 0 Å². The molecule has 6 aromatic rings. The van der Waals surface area contributed by atoms with E-state index in [2.05, 4.69) is 107 Å². The normalized spacial score (nSPS) is 26.1. The molecule has 15 nitrogen and oxygen atoms in total. The van der Waals surface area contributed by atoms with Crippen LogP contribution in [0.2, 0.25) is 10.0 Å². The maximum atomic E-state index is 13.6. The van der Waals surface area contributed by atoms with Crippen molar-refractivity contribution in [2.24, 2.45) is 23.7 Å². The van der Waals surface area contributed by atoms with E-state index < -0.39 is 5.24 Å². The molecule has 4 unspecified atom stereocenters. The summed E-state index contributed by atoms with van der Waals surface area (Å²) in [6.07, 6.45) is 28.3. The number of nitrogens with one attached hydrogen (secondary N) is 5. The van der Waals surface area contributed by atoms with E-state index in [0.29, 0.717) is 80.0 Å². The van der Waals surface area contributed by atoms with Gasteiger partial charge in [0.25, 0.3) is 11.8 Å². The summed E-state index contributed by atoms with van der Waals surface area (Å²) < 4.78 is 0. The van der Waals surface area contributed by atoms with Crippen LogP contribution in [0.3, 0.4) is 0 Å². The molecular weight excluding hydrogens is 1250 g/mol. The van der Waals surface area contributed by atoms with Gasteiger partial charge in [-0.3, -0.25) is 19.2 Å². The van der Waals surface area contributed by atoms with Gasteiger partial charge in [0, 0.05) is 73.8 Å². The number of carbonyl (C=O) groups is 4. The number of nitrogens with two attached hydrogens (primary N) is 1. The van der Waals surface area contributed by atoms with Crippen LogP contribution >= 0.6 is 50.7 Å². The van der Waals surface area contributed by atoms with Gasteiger partial charge in [-0.25, -0.2) is 19.9 Å². The Kier molecular flexibility index (Phi) is 18.1. The molecule has 4 atom stereocenters. The molecule has 2 heterocycles. The number of alkyl halides is 1. The van der Waals surface area contributed by atoms with Crippen LogP contribution in [0.4, 0.5) is 23.3 Å². The third-order valence-corrected chi connectivity index (χ3v) is 20.0. The molecule has 89 heavy (non-hydrogen) atoms. The van der Waals surface area contributed by atoms with Gasteiger partial charge >= 0.3 is 0 Å². The number of nitrogens with zero attached hydrogens (tertiary/aromatic N) is 5. The van der Waals surface area contributed by atoms with Gasteiger partial charge in [0.05, 0.1) is 33.8 Å². The van der Waals surface area contributed by atoms with Crippen LogP contribution in [0, 0.1) is 23.7 Å². The topological polar surface area (TPSA) is 209 Å². The molecule has 10 aliphatic carbocycles. The van der Waals surface area contributed by atoms with E-state index in [9.17, 15) is 19.2 Å². The van der Waals surface area contributed by atoms with Crippen molar-refractivity contribution in [3.8, 4) is 0 Å². The second-order valence-corrected chi connectivity index (χ2v) is 28.0.